The highest BCUT2D eigenvalue weighted by molar-refractivity contribution is 7.92. The Hall–Kier alpha value is -3.56. The molecule has 0 heterocycles. The van der Waals surface area contributed by atoms with Crippen LogP contribution in [0, 0.1) is 0 Å². The Morgan fingerprint density at radius 2 is 1.58 bits per heavy atom. The molecule has 2 amide bonds. The molecule has 1 atom stereocenters. The van der Waals surface area contributed by atoms with Crippen LogP contribution in [0.1, 0.15) is 26.3 Å². The van der Waals surface area contributed by atoms with Crippen LogP contribution in [0.25, 0.3) is 0 Å². The number of nitrogens with one attached hydrogen (secondary N) is 1. The number of carbonyl (C=O) groups excluding carboxylic acids is 2. The maximum Gasteiger partial charge on any atom is 0.264 e. The van der Waals surface area contributed by atoms with Crippen LogP contribution in [-0.2, 0) is 26.2 Å². The summed E-state index contributed by atoms with van der Waals surface area (Å²) in [5.74, 6) is -0.574. The molecule has 0 aromatic heterocycles. The van der Waals surface area contributed by atoms with Gasteiger partial charge in [0.2, 0.25) is 11.8 Å². The minimum absolute atomic E-state index is 0.0279. The molecule has 0 bridgehead atoms. The lowest BCUT2D eigenvalue weighted by Crippen LogP contribution is -2.51. The second kappa shape index (κ2) is 13.3. The summed E-state index contributed by atoms with van der Waals surface area (Å²) >= 11 is 6.02. The maximum absolute atomic E-state index is 13.9. The van der Waals surface area contributed by atoms with E-state index >= 15 is 0 Å². The van der Waals surface area contributed by atoms with Gasteiger partial charge in [-0.15, -0.1) is 0 Å². The van der Waals surface area contributed by atoms with Gasteiger partial charge in [0, 0.05) is 18.1 Å². The van der Waals surface area contributed by atoms with E-state index in [9.17, 15) is 18.0 Å². The number of amides is 2. The smallest absolute Gasteiger partial charge is 0.264 e. The number of ether oxygens (including phenoxy) is 1. The van der Waals surface area contributed by atoms with Gasteiger partial charge in [-0.25, -0.2) is 8.42 Å². The fourth-order valence-corrected chi connectivity index (χ4v) is 5.44. The van der Waals surface area contributed by atoms with Crippen molar-refractivity contribution in [3.8, 4) is 5.75 Å². The fourth-order valence-electron chi connectivity index (χ4n) is 3.86. The van der Waals surface area contributed by atoms with Crippen LogP contribution in [0.4, 0.5) is 5.69 Å². The van der Waals surface area contributed by atoms with Gasteiger partial charge in [-0.3, -0.25) is 13.9 Å². The molecule has 3 rings (SSSR count). The summed E-state index contributed by atoms with van der Waals surface area (Å²) in [5.41, 5.74) is 0.967. The summed E-state index contributed by atoms with van der Waals surface area (Å²) in [4.78, 5) is 28.0. The zero-order chi connectivity index (χ0) is 27.7. The lowest BCUT2D eigenvalue weighted by atomic mass is 10.1. The monoisotopic (exact) mass is 557 g/mol. The molecule has 38 heavy (non-hydrogen) atoms. The molecule has 0 radical (unpaired) electrons. The number of carbonyl (C=O) groups is 2. The summed E-state index contributed by atoms with van der Waals surface area (Å²) in [6, 6.07) is 20.6. The third-order valence-corrected chi connectivity index (χ3v) is 7.85. The molecule has 0 aliphatic rings. The average Bonchev–Trinajstić information content (AvgIpc) is 2.92. The van der Waals surface area contributed by atoms with Crippen molar-refractivity contribution in [3.63, 3.8) is 0 Å². The number of nitrogens with zero attached hydrogens (tertiary/aromatic N) is 2. The molecule has 202 valence electrons. The molecular formula is C28H32ClN3O5S. The van der Waals surface area contributed by atoms with Crippen molar-refractivity contribution in [2.75, 3.05) is 24.0 Å². The number of rotatable bonds is 12. The van der Waals surface area contributed by atoms with Crippen molar-refractivity contribution in [3.05, 3.63) is 89.4 Å². The molecule has 0 unspecified atom stereocenters. The van der Waals surface area contributed by atoms with E-state index < -0.39 is 28.5 Å². The second-order valence-corrected chi connectivity index (χ2v) is 10.7. The van der Waals surface area contributed by atoms with Gasteiger partial charge in [0.05, 0.1) is 17.2 Å². The van der Waals surface area contributed by atoms with E-state index in [1.54, 1.807) is 87.5 Å². The van der Waals surface area contributed by atoms with Crippen LogP contribution in [0.15, 0.2) is 83.8 Å². The summed E-state index contributed by atoms with van der Waals surface area (Å²) < 4.78 is 34.5. The van der Waals surface area contributed by atoms with E-state index in [4.69, 9.17) is 16.3 Å². The number of halogens is 1. The molecule has 10 heteroatoms. The number of hydrogen-bond donors (Lipinski definition) is 1. The molecule has 0 spiro atoms. The Kier molecular flexibility index (Phi) is 10.2. The third-order valence-electron chi connectivity index (χ3n) is 5.83. The highest BCUT2D eigenvalue weighted by atomic mass is 35.5. The summed E-state index contributed by atoms with van der Waals surface area (Å²) in [6.45, 7) is 5.43. The summed E-state index contributed by atoms with van der Waals surface area (Å²) in [5, 5.41) is 3.27. The van der Waals surface area contributed by atoms with Crippen LogP contribution in [0.5, 0.6) is 5.75 Å². The van der Waals surface area contributed by atoms with Crippen LogP contribution in [-0.4, -0.2) is 50.9 Å². The van der Waals surface area contributed by atoms with Crippen molar-refractivity contribution < 1.29 is 22.7 Å². The largest absolute Gasteiger partial charge is 0.492 e. The standard InChI is InChI=1S/C28H32ClN3O5S/c1-4-30-28(34)21(3)31(19-22-15-17-23(29)18-16-22)27(33)20-32(25-13-9-10-14-26(25)37-5-2)38(35,36)24-11-7-6-8-12-24/h6-18,21H,4-5,19-20H2,1-3H3,(H,30,34)/t21-/m0/s1. The van der Waals surface area contributed by atoms with Crippen molar-refractivity contribution in [2.24, 2.45) is 0 Å². The Bertz CT molecular complexity index is 1330. The quantitative estimate of drug-likeness (QED) is 0.354. The van der Waals surface area contributed by atoms with Gasteiger partial charge in [-0.05, 0) is 62.7 Å². The maximum atomic E-state index is 13.9. The third kappa shape index (κ3) is 7.05. The first-order chi connectivity index (χ1) is 18.2. The van der Waals surface area contributed by atoms with E-state index in [1.807, 2.05) is 0 Å². The van der Waals surface area contributed by atoms with E-state index in [0.717, 1.165) is 9.87 Å². The molecule has 0 saturated heterocycles. The normalized spacial score (nSPS) is 11.9. The van der Waals surface area contributed by atoms with Crippen molar-refractivity contribution in [2.45, 2.75) is 38.3 Å². The van der Waals surface area contributed by atoms with Gasteiger partial charge in [-0.1, -0.05) is 54.1 Å². The number of para-hydroxylation sites is 2. The SMILES string of the molecule is CCNC(=O)[C@H](C)N(Cc1ccc(Cl)cc1)C(=O)CN(c1ccccc1OCC)S(=O)(=O)c1ccccc1. The number of hydrogen-bond acceptors (Lipinski definition) is 5. The zero-order valence-corrected chi connectivity index (χ0v) is 23.2. The summed E-state index contributed by atoms with van der Waals surface area (Å²) in [7, 11) is -4.17. The highest BCUT2D eigenvalue weighted by Crippen LogP contribution is 2.32. The molecule has 0 aliphatic carbocycles. The van der Waals surface area contributed by atoms with Crippen LogP contribution >= 0.6 is 11.6 Å². The first-order valence-electron chi connectivity index (χ1n) is 12.3. The van der Waals surface area contributed by atoms with E-state index in [0.29, 0.717) is 23.9 Å². The first-order valence-corrected chi connectivity index (χ1v) is 14.1. The number of likely N-dealkylation sites (N-methyl/N-ethyl adjacent to an activating group) is 1. The number of sulfonamides is 1. The Balaban J connectivity index is 2.06. The van der Waals surface area contributed by atoms with Gasteiger partial charge in [-0.2, -0.15) is 0 Å². The number of anilines is 1. The van der Waals surface area contributed by atoms with Crippen LogP contribution in [0.2, 0.25) is 5.02 Å². The van der Waals surface area contributed by atoms with Gasteiger partial charge in [0.1, 0.15) is 18.3 Å². The molecule has 3 aromatic carbocycles. The van der Waals surface area contributed by atoms with E-state index in [2.05, 4.69) is 5.32 Å². The lowest BCUT2D eigenvalue weighted by molar-refractivity contribution is -0.139. The molecule has 0 fully saturated rings. The Labute approximate surface area is 229 Å². The van der Waals surface area contributed by atoms with Gasteiger partial charge in [0.25, 0.3) is 10.0 Å². The predicted octanol–water partition coefficient (Wildman–Crippen LogP) is 4.49. The first kappa shape index (κ1) is 29.0. The van der Waals surface area contributed by atoms with Crippen LogP contribution in [0.3, 0.4) is 0 Å². The van der Waals surface area contributed by atoms with E-state index in [-0.39, 0.29) is 23.0 Å². The van der Waals surface area contributed by atoms with E-state index in [1.165, 1.54) is 17.0 Å². The van der Waals surface area contributed by atoms with Gasteiger partial charge < -0.3 is 15.0 Å². The molecule has 0 saturated carbocycles. The topological polar surface area (TPSA) is 96.0 Å². The number of benzene rings is 3. The Morgan fingerprint density at radius 1 is 0.947 bits per heavy atom. The predicted molar refractivity (Wildman–Crippen MR) is 149 cm³/mol. The second-order valence-electron chi connectivity index (χ2n) is 8.44. The minimum Gasteiger partial charge on any atom is -0.492 e. The van der Waals surface area contributed by atoms with Crippen molar-refractivity contribution >= 4 is 39.1 Å². The molecule has 0 aliphatic heterocycles. The highest BCUT2D eigenvalue weighted by Gasteiger charge is 2.33. The van der Waals surface area contributed by atoms with Crippen molar-refractivity contribution in [1.29, 1.82) is 0 Å². The average molecular weight is 558 g/mol. The minimum atomic E-state index is -4.17. The molecule has 8 nitrogen and oxygen atoms in total. The fraction of sp³-hybridized carbons (Fsp3) is 0.286. The van der Waals surface area contributed by atoms with Gasteiger partial charge in [0.15, 0.2) is 0 Å². The lowest BCUT2D eigenvalue weighted by Gasteiger charge is -2.32. The molecular weight excluding hydrogens is 526 g/mol. The van der Waals surface area contributed by atoms with Crippen molar-refractivity contribution in [1.82, 2.24) is 10.2 Å². The zero-order valence-electron chi connectivity index (χ0n) is 21.6. The molecule has 1 N–H and O–H groups in total. The molecule has 3 aromatic rings. The summed E-state index contributed by atoms with van der Waals surface area (Å²) in [6.07, 6.45) is 0. The van der Waals surface area contributed by atoms with Gasteiger partial charge >= 0.3 is 0 Å². The Morgan fingerprint density at radius 3 is 2.21 bits per heavy atom. The van der Waals surface area contributed by atoms with Crippen LogP contribution < -0.4 is 14.4 Å².